The number of amides is 1. The molecule has 21 heavy (non-hydrogen) atoms. The Morgan fingerprint density at radius 1 is 1.48 bits per heavy atom. The molecule has 4 nitrogen and oxygen atoms in total. The first kappa shape index (κ1) is 20.6. The van der Waals surface area contributed by atoms with Crippen molar-refractivity contribution in [3.05, 3.63) is 16.1 Å². The molecule has 1 aliphatic rings. The Labute approximate surface area is 143 Å². The Bertz CT molecular complexity index is 453. The van der Waals surface area contributed by atoms with Gasteiger partial charge in [-0.05, 0) is 13.0 Å². The Kier molecular flexibility index (Phi) is 8.18. The van der Waals surface area contributed by atoms with Gasteiger partial charge in [-0.15, -0.1) is 36.2 Å². The maximum absolute atomic E-state index is 12.2. The van der Waals surface area contributed by atoms with Gasteiger partial charge < -0.3 is 10.2 Å². The fourth-order valence-electron chi connectivity index (χ4n) is 2.19. The molecule has 7 heteroatoms. The van der Waals surface area contributed by atoms with E-state index in [0.717, 1.165) is 30.2 Å². The molecule has 1 N–H and O–H groups in total. The minimum absolute atomic E-state index is 0. The van der Waals surface area contributed by atoms with Crippen LogP contribution in [0.4, 0.5) is 0 Å². The smallest absolute Gasteiger partial charge is 0.228 e. The number of hydrogen-bond acceptors (Lipinski definition) is 4. The van der Waals surface area contributed by atoms with Crippen molar-refractivity contribution in [3.8, 4) is 0 Å². The van der Waals surface area contributed by atoms with Crippen LogP contribution < -0.4 is 5.32 Å². The highest BCUT2D eigenvalue weighted by molar-refractivity contribution is 7.09. The van der Waals surface area contributed by atoms with Crippen molar-refractivity contribution in [3.63, 3.8) is 0 Å². The lowest BCUT2D eigenvalue weighted by molar-refractivity contribution is -0.130. The Hall–Kier alpha value is -0.360. The number of hydrogen-bond donors (Lipinski definition) is 1. The molecule has 1 aliphatic heterocycles. The lowest BCUT2D eigenvalue weighted by atomic mass is 9.98. The Morgan fingerprint density at radius 2 is 2.14 bits per heavy atom. The van der Waals surface area contributed by atoms with Gasteiger partial charge >= 0.3 is 0 Å². The highest BCUT2D eigenvalue weighted by Gasteiger charge is 2.24. The van der Waals surface area contributed by atoms with Crippen LogP contribution in [0.3, 0.4) is 0 Å². The molecule has 0 spiro atoms. The topological polar surface area (TPSA) is 45.2 Å². The van der Waals surface area contributed by atoms with E-state index in [-0.39, 0.29) is 36.1 Å². The number of halogens is 2. The molecular weight excluding hydrogens is 329 g/mol. The first-order valence-electron chi connectivity index (χ1n) is 6.79. The van der Waals surface area contributed by atoms with Crippen molar-refractivity contribution < 1.29 is 4.79 Å². The molecule has 0 saturated carbocycles. The zero-order valence-electron chi connectivity index (χ0n) is 13.0. The maximum atomic E-state index is 12.2. The molecule has 2 heterocycles. The quantitative estimate of drug-likeness (QED) is 0.908. The first-order valence-corrected chi connectivity index (χ1v) is 7.67. The van der Waals surface area contributed by atoms with Crippen LogP contribution >= 0.6 is 36.2 Å². The van der Waals surface area contributed by atoms with Gasteiger partial charge in [0.05, 0.1) is 17.1 Å². The van der Waals surface area contributed by atoms with Crippen molar-refractivity contribution in [1.29, 1.82) is 0 Å². The van der Waals surface area contributed by atoms with E-state index in [2.05, 4.69) is 31.1 Å². The van der Waals surface area contributed by atoms with Gasteiger partial charge in [0.1, 0.15) is 0 Å². The Morgan fingerprint density at radius 3 is 2.62 bits per heavy atom. The molecule has 1 unspecified atom stereocenters. The molecule has 2 rings (SSSR count). The fourth-order valence-corrected chi connectivity index (χ4v) is 3.09. The summed E-state index contributed by atoms with van der Waals surface area (Å²) in [4.78, 5) is 18.7. The van der Waals surface area contributed by atoms with E-state index in [4.69, 9.17) is 0 Å². The first-order chi connectivity index (χ1) is 8.88. The zero-order chi connectivity index (χ0) is 14.0. The van der Waals surface area contributed by atoms with Crippen LogP contribution in [0.1, 0.15) is 37.9 Å². The van der Waals surface area contributed by atoms with E-state index in [1.54, 1.807) is 11.3 Å². The van der Waals surface area contributed by atoms with E-state index >= 15 is 0 Å². The highest BCUT2D eigenvalue weighted by Crippen LogP contribution is 2.25. The van der Waals surface area contributed by atoms with Crippen LogP contribution in [0.25, 0.3) is 0 Å². The molecule has 1 saturated heterocycles. The number of likely N-dealkylation sites (N-methyl/N-ethyl adjacent to an activating group) is 1. The summed E-state index contributed by atoms with van der Waals surface area (Å²) in [6, 6.07) is 0.341. The van der Waals surface area contributed by atoms with E-state index in [9.17, 15) is 4.79 Å². The van der Waals surface area contributed by atoms with E-state index in [1.165, 1.54) is 0 Å². The Balaban J connectivity index is 0.00000200. The number of carbonyl (C=O) groups is 1. The van der Waals surface area contributed by atoms with Crippen LogP contribution in [-0.4, -0.2) is 42.0 Å². The third kappa shape index (κ3) is 5.40. The normalized spacial score (nSPS) is 17.8. The van der Waals surface area contributed by atoms with Crippen LogP contribution in [-0.2, 0) is 16.6 Å². The summed E-state index contributed by atoms with van der Waals surface area (Å²) in [5.41, 5.74) is 0.963. The van der Waals surface area contributed by atoms with Gasteiger partial charge in [0.2, 0.25) is 5.91 Å². The predicted molar refractivity (Wildman–Crippen MR) is 93.1 cm³/mol. The third-order valence-electron chi connectivity index (χ3n) is 3.50. The fraction of sp³-hybridized carbons (Fsp3) is 0.714. The average Bonchev–Trinajstić information content (AvgIpc) is 2.97. The van der Waals surface area contributed by atoms with Gasteiger partial charge in [0.15, 0.2) is 0 Å². The summed E-state index contributed by atoms with van der Waals surface area (Å²) in [6.45, 7) is 8.36. The van der Waals surface area contributed by atoms with Crippen LogP contribution in [0, 0.1) is 0 Å². The van der Waals surface area contributed by atoms with Gasteiger partial charge in [0.25, 0.3) is 0 Å². The second-order valence-electron chi connectivity index (χ2n) is 6.22. The third-order valence-corrected chi connectivity index (χ3v) is 4.82. The SMILES string of the molecule is CN(C(=O)Cc1csc(C(C)(C)C)n1)C1CCNC1.Cl.Cl. The van der Waals surface area contributed by atoms with Crippen molar-refractivity contribution >= 4 is 42.1 Å². The summed E-state index contributed by atoms with van der Waals surface area (Å²) >= 11 is 1.65. The molecule has 122 valence electrons. The second kappa shape index (κ2) is 8.32. The molecule has 1 fully saturated rings. The van der Waals surface area contributed by atoms with Gasteiger partial charge in [0, 0.05) is 30.4 Å². The zero-order valence-corrected chi connectivity index (χ0v) is 15.5. The van der Waals surface area contributed by atoms with Crippen molar-refractivity contribution in [2.75, 3.05) is 20.1 Å². The standard InChI is InChI=1S/C14H23N3OS.2ClH/c1-14(2,3)13-16-10(9-19-13)7-12(18)17(4)11-5-6-15-8-11;;/h9,11,15H,5-8H2,1-4H3;2*1H. The average molecular weight is 354 g/mol. The minimum atomic E-state index is 0. The predicted octanol–water partition coefficient (Wildman–Crippen LogP) is 2.65. The van der Waals surface area contributed by atoms with Crippen molar-refractivity contribution in [1.82, 2.24) is 15.2 Å². The number of nitrogens with zero attached hydrogens (tertiary/aromatic N) is 2. The van der Waals surface area contributed by atoms with Gasteiger partial charge in [-0.25, -0.2) is 4.98 Å². The minimum Gasteiger partial charge on any atom is -0.341 e. The lowest BCUT2D eigenvalue weighted by Gasteiger charge is -2.23. The summed E-state index contributed by atoms with van der Waals surface area (Å²) < 4.78 is 0. The molecule has 1 aromatic heterocycles. The number of thiazole rings is 1. The molecule has 1 aromatic rings. The van der Waals surface area contributed by atoms with Crippen LogP contribution in [0.2, 0.25) is 0 Å². The monoisotopic (exact) mass is 353 g/mol. The van der Waals surface area contributed by atoms with E-state index in [1.807, 2.05) is 17.3 Å². The molecule has 0 bridgehead atoms. The largest absolute Gasteiger partial charge is 0.341 e. The molecule has 0 radical (unpaired) electrons. The van der Waals surface area contributed by atoms with E-state index in [0.29, 0.717) is 12.5 Å². The van der Waals surface area contributed by atoms with Crippen molar-refractivity contribution in [2.45, 2.75) is 45.1 Å². The van der Waals surface area contributed by atoms with Crippen LogP contribution in [0.15, 0.2) is 5.38 Å². The lowest BCUT2D eigenvalue weighted by Crippen LogP contribution is -2.39. The highest BCUT2D eigenvalue weighted by atomic mass is 35.5. The summed E-state index contributed by atoms with van der Waals surface area (Å²) in [7, 11) is 1.90. The molecule has 1 atom stereocenters. The number of carbonyl (C=O) groups excluding carboxylic acids is 1. The number of rotatable bonds is 3. The molecular formula is C14H25Cl2N3OS. The maximum Gasteiger partial charge on any atom is 0.228 e. The van der Waals surface area contributed by atoms with Gasteiger partial charge in [-0.1, -0.05) is 20.8 Å². The van der Waals surface area contributed by atoms with Gasteiger partial charge in [-0.3, -0.25) is 4.79 Å². The second-order valence-corrected chi connectivity index (χ2v) is 7.08. The molecule has 1 amide bonds. The van der Waals surface area contributed by atoms with E-state index < -0.39 is 0 Å². The summed E-state index contributed by atoms with van der Waals surface area (Å²) in [5, 5.41) is 6.40. The number of nitrogens with one attached hydrogen (secondary N) is 1. The van der Waals surface area contributed by atoms with Gasteiger partial charge in [-0.2, -0.15) is 0 Å². The summed E-state index contributed by atoms with van der Waals surface area (Å²) in [5.74, 6) is 0.166. The van der Waals surface area contributed by atoms with Crippen LogP contribution in [0.5, 0.6) is 0 Å². The number of aromatic nitrogens is 1. The molecule has 0 aliphatic carbocycles. The summed E-state index contributed by atoms with van der Waals surface area (Å²) in [6.07, 6.45) is 1.46. The molecule has 0 aromatic carbocycles. The van der Waals surface area contributed by atoms with Crippen molar-refractivity contribution in [2.24, 2.45) is 0 Å².